The molecule has 0 aliphatic rings. The van der Waals surface area contributed by atoms with Gasteiger partial charge in [-0.2, -0.15) is 13.2 Å². The second-order valence-electron chi connectivity index (χ2n) is 5.23. The quantitative estimate of drug-likeness (QED) is 0.664. The lowest BCUT2D eigenvalue weighted by atomic mass is 10.1. The van der Waals surface area contributed by atoms with Gasteiger partial charge in [0.05, 0.1) is 11.2 Å². The highest BCUT2D eigenvalue weighted by Crippen LogP contribution is 2.26. The van der Waals surface area contributed by atoms with Gasteiger partial charge in [0.2, 0.25) is 0 Å². The minimum absolute atomic E-state index is 0.196. The third-order valence-corrected chi connectivity index (χ3v) is 3.31. The highest BCUT2D eigenvalue weighted by Gasteiger charge is 2.29. The number of hydrogen-bond acceptors (Lipinski definition) is 4. The Balaban J connectivity index is 1.92. The Morgan fingerprint density at radius 2 is 1.88 bits per heavy atom. The van der Waals surface area contributed by atoms with Gasteiger partial charge in [0.15, 0.2) is 12.4 Å². The van der Waals surface area contributed by atoms with Crippen LogP contribution >= 0.6 is 0 Å². The van der Waals surface area contributed by atoms with Crippen LogP contribution in [0.25, 0.3) is 16.8 Å². The number of aromatic nitrogens is 4. The van der Waals surface area contributed by atoms with E-state index in [-0.39, 0.29) is 17.0 Å². The highest BCUT2D eigenvalue weighted by molar-refractivity contribution is 5.66. The number of ether oxygens (including phenoxy) is 1. The first-order chi connectivity index (χ1) is 11.7. The Hall–Kier alpha value is -2.78. The van der Waals surface area contributed by atoms with Gasteiger partial charge in [-0.3, -0.25) is 4.40 Å². The zero-order valence-corrected chi connectivity index (χ0v) is 12.8. The predicted octanol–water partition coefficient (Wildman–Crippen LogP) is 3.90. The van der Waals surface area contributed by atoms with E-state index in [1.165, 1.54) is 30.0 Å². The average molecular weight is 358 g/mol. The zero-order chi connectivity index (χ0) is 18.2. The molecule has 0 N–H and O–H groups in total. The summed E-state index contributed by atoms with van der Waals surface area (Å²) in [5.74, 6) is -1.82. The third kappa shape index (κ3) is 3.67. The Morgan fingerprint density at radius 1 is 1.16 bits per heavy atom. The summed E-state index contributed by atoms with van der Waals surface area (Å²) in [6, 6.07) is 2.44. The molecule has 0 saturated heterocycles. The van der Waals surface area contributed by atoms with Crippen LogP contribution in [0.4, 0.5) is 22.0 Å². The maximum absolute atomic E-state index is 13.9. The Morgan fingerprint density at radius 3 is 2.52 bits per heavy atom. The fraction of sp³-hybridized carbons (Fsp3) is 0.267. The summed E-state index contributed by atoms with van der Waals surface area (Å²) in [5.41, 5.74) is 1.11. The zero-order valence-electron chi connectivity index (χ0n) is 12.8. The van der Waals surface area contributed by atoms with E-state index in [0.717, 1.165) is 12.3 Å². The minimum atomic E-state index is -4.60. The summed E-state index contributed by atoms with van der Waals surface area (Å²) in [7, 11) is 0. The van der Waals surface area contributed by atoms with E-state index in [2.05, 4.69) is 19.7 Å². The molecule has 0 fully saturated rings. The Labute approximate surface area is 138 Å². The summed E-state index contributed by atoms with van der Waals surface area (Å²) in [4.78, 5) is 11.6. The van der Waals surface area contributed by atoms with Crippen molar-refractivity contribution in [1.82, 2.24) is 19.4 Å². The summed E-state index contributed by atoms with van der Waals surface area (Å²) < 4.78 is 69.6. The summed E-state index contributed by atoms with van der Waals surface area (Å²) in [6.45, 7) is -0.315. The molecule has 1 unspecified atom stereocenters. The Kier molecular flexibility index (Phi) is 4.27. The molecule has 25 heavy (non-hydrogen) atoms. The van der Waals surface area contributed by atoms with E-state index in [4.69, 9.17) is 0 Å². The molecule has 0 aromatic carbocycles. The second kappa shape index (κ2) is 6.26. The third-order valence-electron chi connectivity index (χ3n) is 3.31. The monoisotopic (exact) mass is 358 g/mol. The first kappa shape index (κ1) is 17.1. The van der Waals surface area contributed by atoms with Crippen LogP contribution in [0, 0.1) is 5.82 Å². The number of halogens is 5. The van der Waals surface area contributed by atoms with Gasteiger partial charge in [-0.05, 0) is 19.1 Å². The van der Waals surface area contributed by atoms with Crippen LogP contribution in [0.1, 0.15) is 18.8 Å². The van der Waals surface area contributed by atoms with Crippen molar-refractivity contribution in [2.75, 3.05) is 6.61 Å². The number of alkyl halides is 4. The number of hydrogen-bond donors (Lipinski definition) is 0. The van der Waals surface area contributed by atoms with Gasteiger partial charge in [-0.15, -0.1) is 0 Å². The van der Waals surface area contributed by atoms with E-state index in [9.17, 15) is 22.0 Å². The molecule has 3 heterocycles. The van der Waals surface area contributed by atoms with Crippen molar-refractivity contribution in [3.8, 4) is 17.1 Å². The molecule has 10 heteroatoms. The molecule has 1 atom stereocenters. The molecular formula is C15H11F5N4O. The van der Waals surface area contributed by atoms with Crippen LogP contribution in [0.2, 0.25) is 0 Å². The normalized spacial score (nSPS) is 13.2. The highest BCUT2D eigenvalue weighted by atomic mass is 19.4. The molecule has 0 aliphatic heterocycles. The van der Waals surface area contributed by atoms with Gasteiger partial charge in [0.25, 0.3) is 5.88 Å². The molecule has 0 bridgehead atoms. The number of nitrogens with zero attached hydrogens (tertiary/aromatic N) is 4. The Bertz CT molecular complexity index is 907. The molecule has 0 radical (unpaired) electrons. The summed E-state index contributed by atoms with van der Waals surface area (Å²) in [6.07, 6.45) is -2.02. The van der Waals surface area contributed by atoms with Crippen molar-refractivity contribution in [1.29, 1.82) is 0 Å². The standard InChI is InChI=1S/C15H11F5N4O/c1-8(16)13-12-3-11(22-6-24(12)7-23-13)9-2-10(17)14(21-4-9)25-5-15(18,19)20/h2-4,6-8H,5H2,1H3. The SMILES string of the molecule is CC(F)c1ncn2cnc(-c3cnc(OCC(F)(F)F)c(F)c3)cc12. The molecule has 0 spiro atoms. The van der Waals surface area contributed by atoms with Crippen molar-refractivity contribution in [3.05, 3.63) is 42.5 Å². The number of rotatable bonds is 4. The van der Waals surface area contributed by atoms with Crippen molar-refractivity contribution >= 4 is 5.52 Å². The number of fused-ring (bicyclic) bond motifs is 1. The van der Waals surface area contributed by atoms with Gasteiger partial charge in [0, 0.05) is 11.8 Å². The smallest absolute Gasteiger partial charge is 0.422 e. The van der Waals surface area contributed by atoms with Gasteiger partial charge < -0.3 is 4.74 Å². The fourth-order valence-corrected chi connectivity index (χ4v) is 2.20. The summed E-state index contributed by atoms with van der Waals surface area (Å²) >= 11 is 0. The maximum Gasteiger partial charge on any atom is 0.422 e. The molecular weight excluding hydrogens is 347 g/mol. The van der Waals surface area contributed by atoms with E-state index in [0.29, 0.717) is 5.52 Å². The molecule has 3 aromatic rings. The number of pyridine rings is 1. The van der Waals surface area contributed by atoms with Crippen LogP contribution in [0.3, 0.4) is 0 Å². The van der Waals surface area contributed by atoms with E-state index >= 15 is 0 Å². The molecule has 3 rings (SSSR count). The minimum Gasteiger partial charge on any atom is -0.466 e. The van der Waals surface area contributed by atoms with E-state index < -0.39 is 30.7 Å². The van der Waals surface area contributed by atoms with Crippen LogP contribution in [-0.2, 0) is 0 Å². The molecule has 0 aliphatic carbocycles. The van der Waals surface area contributed by atoms with E-state index in [1.807, 2.05) is 0 Å². The van der Waals surface area contributed by atoms with Gasteiger partial charge in [0.1, 0.15) is 24.5 Å². The first-order valence-corrected chi connectivity index (χ1v) is 7.07. The average Bonchev–Trinajstić information content (AvgIpc) is 2.96. The van der Waals surface area contributed by atoms with Gasteiger partial charge in [-0.1, -0.05) is 0 Å². The lowest BCUT2D eigenvalue weighted by Gasteiger charge is -2.09. The molecule has 5 nitrogen and oxygen atoms in total. The molecule has 0 saturated carbocycles. The molecule has 132 valence electrons. The van der Waals surface area contributed by atoms with Gasteiger partial charge in [-0.25, -0.2) is 23.7 Å². The van der Waals surface area contributed by atoms with Crippen molar-refractivity contribution < 1.29 is 26.7 Å². The second-order valence-corrected chi connectivity index (χ2v) is 5.23. The summed E-state index contributed by atoms with van der Waals surface area (Å²) in [5, 5.41) is 0. The molecule has 0 amide bonds. The first-order valence-electron chi connectivity index (χ1n) is 7.07. The topological polar surface area (TPSA) is 52.3 Å². The van der Waals surface area contributed by atoms with Crippen LogP contribution < -0.4 is 4.74 Å². The van der Waals surface area contributed by atoms with Crippen LogP contribution in [-0.4, -0.2) is 32.1 Å². The predicted molar refractivity (Wildman–Crippen MR) is 77.2 cm³/mol. The maximum atomic E-state index is 13.9. The lowest BCUT2D eigenvalue weighted by Crippen LogP contribution is -2.20. The largest absolute Gasteiger partial charge is 0.466 e. The number of imidazole rings is 1. The fourth-order valence-electron chi connectivity index (χ4n) is 2.20. The van der Waals surface area contributed by atoms with Crippen LogP contribution in [0.15, 0.2) is 31.0 Å². The van der Waals surface area contributed by atoms with Crippen molar-refractivity contribution in [2.45, 2.75) is 19.3 Å². The lowest BCUT2D eigenvalue weighted by molar-refractivity contribution is -0.154. The van der Waals surface area contributed by atoms with Crippen molar-refractivity contribution in [2.24, 2.45) is 0 Å². The van der Waals surface area contributed by atoms with Gasteiger partial charge >= 0.3 is 6.18 Å². The van der Waals surface area contributed by atoms with Crippen LogP contribution in [0.5, 0.6) is 5.88 Å². The van der Waals surface area contributed by atoms with E-state index in [1.54, 1.807) is 0 Å². The molecule has 3 aromatic heterocycles. The van der Waals surface area contributed by atoms with Crippen molar-refractivity contribution in [3.63, 3.8) is 0 Å².